The van der Waals surface area contributed by atoms with Crippen molar-refractivity contribution in [2.45, 2.75) is 24.1 Å². The summed E-state index contributed by atoms with van der Waals surface area (Å²) < 4.78 is 0. The molecule has 1 aromatic heterocycles. The zero-order valence-electron chi connectivity index (χ0n) is 5.38. The Morgan fingerprint density at radius 2 is 2.30 bits per heavy atom. The topological polar surface area (TPSA) is 25.8 Å². The second-order valence-corrected chi connectivity index (χ2v) is 4.10. The second kappa shape index (κ2) is 2.58. The molecule has 10 heavy (non-hydrogen) atoms. The molecule has 0 aliphatic heterocycles. The number of alkyl halides is 1. The molecule has 1 aromatic rings. The Bertz CT molecular complexity index is 231. The quantitative estimate of drug-likeness (QED) is 0.713. The fraction of sp³-hybridized carbons (Fsp3) is 0.667. The highest BCUT2D eigenvalue weighted by Gasteiger charge is 2.27. The van der Waals surface area contributed by atoms with Crippen LogP contribution in [0.2, 0.25) is 0 Å². The normalized spacial score (nSPS) is 17.7. The summed E-state index contributed by atoms with van der Waals surface area (Å²) in [7, 11) is 0. The van der Waals surface area contributed by atoms with E-state index < -0.39 is 0 Å². The van der Waals surface area contributed by atoms with Crippen LogP contribution in [0.1, 0.15) is 28.8 Å². The summed E-state index contributed by atoms with van der Waals surface area (Å²) in [6.07, 6.45) is 2.63. The summed E-state index contributed by atoms with van der Waals surface area (Å²) in [4.78, 5) is 0. The first-order chi connectivity index (χ1) is 4.90. The maximum atomic E-state index is 4.09. The molecule has 0 amide bonds. The van der Waals surface area contributed by atoms with Crippen molar-refractivity contribution in [1.82, 2.24) is 10.2 Å². The van der Waals surface area contributed by atoms with Crippen LogP contribution in [0.3, 0.4) is 0 Å². The van der Waals surface area contributed by atoms with E-state index in [1.165, 1.54) is 17.8 Å². The van der Waals surface area contributed by atoms with Crippen LogP contribution in [-0.4, -0.2) is 10.2 Å². The molecule has 0 saturated heterocycles. The molecule has 1 fully saturated rings. The van der Waals surface area contributed by atoms with Gasteiger partial charge in [-0.2, -0.15) is 0 Å². The highest BCUT2D eigenvalue weighted by atomic mass is 79.9. The summed E-state index contributed by atoms with van der Waals surface area (Å²) in [6, 6.07) is 0. The van der Waals surface area contributed by atoms with Crippen LogP contribution in [0, 0.1) is 0 Å². The standard InChI is InChI=1S/C6H7BrN2S/c7-3-5-8-9-6(10-5)4-1-2-4/h4H,1-3H2. The van der Waals surface area contributed by atoms with Gasteiger partial charge in [-0.15, -0.1) is 21.5 Å². The molecule has 0 atom stereocenters. The van der Waals surface area contributed by atoms with Gasteiger partial charge in [0.2, 0.25) is 0 Å². The minimum atomic E-state index is 0.755. The predicted octanol–water partition coefficient (Wildman–Crippen LogP) is 2.31. The number of nitrogens with zero attached hydrogens (tertiary/aromatic N) is 2. The molecular weight excluding hydrogens is 212 g/mol. The van der Waals surface area contributed by atoms with Crippen molar-refractivity contribution in [2.24, 2.45) is 0 Å². The Hall–Kier alpha value is 0.0400. The molecule has 2 rings (SSSR count). The lowest BCUT2D eigenvalue weighted by Gasteiger charge is -1.80. The zero-order valence-corrected chi connectivity index (χ0v) is 7.78. The van der Waals surface area contributed by atoms with Crippen LogP contribution in [-0.2, 0) is 5.33 Å². The van der Waals surface area contributed by atoms with Gasteiger partial charge in [-0.25, -0.2) is 0 Å². The van der Waals surface area contributed by atoms with E-state index in [-0.39, 0.29) is 0 Å². The molecule has 1 aliphatic rings. The Balaban J connectivity index is 2.19. The molecule has 2 nitrogen and oxygen atoms in total. The third-order valence-corrected chi connectivity index (χ3v) is 3.51. The monoisotopic (exact) mass is 218 g/mol. The van der Waals surface area contributed by atoms with Gasteiger partial charge < -0.3 is 0 Å². The Labute approximate surface area is 71.8 Å². The average Bonchev–Trinajstić information content (AvgIpc) is 2.70. The highest BCUT2D eigenvalue weighted by Crippen LogP contribution is 2.41. The van der Waals surface area contributed by atoms with Crippen molar-refractivity contribution in [1.29, 1.82) is 0 Å². The van der Waals surface area contributed by atoms with Gasteiger partial charge in [0.15, 0.2) is 0 Å². The van der Waals surface area contributed by atoms with Gasteiger partial charge in [-0.3, -0.25) is 0 Å². The Morgan fingerprint density at radius 3 is 2.80 bits per heavy atom. The summed E-state index contributed by atoms with van der Waals surface area (Å²) in [5.41, 5.74) is 0. The molecule has 4 heteroatoms. The first-order valence-electron chi connectivity index (χ1n) is 3.28. The van der Waals surface area contributed by atoms with Gasteiger partial charge in [0.25, 0.3) is 0 Å². The molecule has 0 aromatic carbocycles. The van der Waals surface area contributed by atoms with E-state index in [0.717, 1.165) is 16.3 Å². The fourth-order valence-corrected chi connectivity index (χ4v) is 2.13. The first kappa shape index (κ1) is 6.73. The van der Waals surface area contributed by atoms with Gasteiger partial charge in [0, 0.05) is 5.92 Å². The van der Waals surface area contributed by atoms with Crippen LogP contribution in [0.5, 0.6) is 0 Å². The van der Waals surface area contributed by atoms with E-state index in [1.807, 2.05) is 0 Å². The SMILES string of the molecule is BrCc1nnc(C2CC2)s1. The van der Waals surface area contributed by atoms with E-state index in [0.29, 0.717) is 0 Å². The molecule has 1 saturated carbocycles. The Kier molecular flexibility index (Phi) is 1.74. The van der Waals surface area contributed by atoms with Crippen molar-refractivity contribution in [3.05, 3.63) is 10.0 Å². The Morgan fingerprint density at radius 1 is 1.50 bits per heavy atom. The molecule has 0 N–H and O–H groups in total. The number of aromatic nitrogens is 2. The zero-order chi connectivity index (χ0) is 6.97. The van der Waals surface area contributed by atoms with Crippen molar-refractivity contribution >= 4 is 27.3 Å². The maximum Gasteiger partial charge on any atom is 0.128 e. The van der Waals surface area contributed by atoms with Gasteiger partial charge in [-0.1, -0.05) is 15.9 Å². The van der Waals surface area contributed by atoms with Crippen LogP contribution in [0.15, 0.2) is 0 Å². The van der Waals surface area contributed by atoms with Crippen molar-refractivity contribution in [3.63, 3.8) is 0 Å². The van der Waals surface area contributed by atoms with Gasteiger partial charge >= 0.3 is 0 Å². The van der Waals surface area contributed by atoms with Gasteiger partial charge in [0.1, 0.15) is 10.0 Å². The summed E-state index contributed by atoms with van der Waals surface area (Å²) in [5.74, 6) is 0.755. The van der Waals surface area contributed by atoms with E-state index in [2.05, 4.69) is 26.1 Å². The number of hydrogen-bond acceptors (Lipinski definition) is 3. The van der Waals surface area contributed by atoms with E-state index >= 15 is 0 Å². The van der Waals surface area contributed by atoms with Gasteiger partial charge in [0.05, 0.1) is 5.33 Å². The lowest BCUT2D eigenvalue weighted by atomic mass is 10.5. The smallest absolute Gasteiger partial charge is 0.128 e. The molecule has 1 aliphatic carbocycles. The molecule has 0 bridgehead atoms. The number of halogens is 1. The summed E-state index contributed by atoms with van der Waals surface area (Å²) >= 11 is 5.08. The van der Waals surface area contributed by atoms with Crippen LogP contribution < -0.4 is 0 Å². The maximum absolute atomic E-state index is 4.09. The van der Waals surface area contributed by atoms with Crippen LogP contribution in [0.25, 0.3) is 0 Å². The molecule has 54 valence electrons. The average molecular weight is 219 g/mol. The largest absolute Gasteiger partial charge is 0.143 e. The minimum absolute atomic E-state index is 0.755. The molecule has 0 spiro atoms. The molecule has 0 unspecified atom stereocenters. The molecular formula is C6H7BrN2S. The predicted molar refractivity (Wildman–Crippen MR) is 44.5 cm³/mol. The van der Waals surface area contributed by atoms with Crippen molar-refractivity contribution in [2.75, 3.05) is 0 Å². The first-order valence-corrected chi connectivity index (χ1v) is 5.22. The molecule has 0 radical (unpaired) electrons. The lowest BCUT2D eigenvalue weighted by Crippen LogP contribution is -1.75. The highest BCUT2D eigenvalue weighted by molar-refractivity contribution is 9.08. The van der Waals surface area contributed by atoms with Crippen LogP contribution >= 0.6 is 27.3 Å². The fourth-order valence-electron chi connectivity index (χ4n) is 0.816. The summed E-state index contributed by atoms with van der Waals surface area (Å²) in [6.45, 7) is 0. The van der Waals surface area contributed by atoms with E-state index in [1.54, 1.807) is 11.3 Å². The van der Waals surface area contributed by atoms with E-state index in [9.17, 15) is 0 Å². The minimum Gasteiger partial charge on any atom is -0.143 e. The van der Waals surface area contributed by atoms with Crippen molar-refractivity contribution in [3.8, 4) is 0 Å². The van der Waals surface area contributed by atoms with Crippen LogP contribution in [0.4, 0.5) is 0 Å². The second-order valence-electron chi connectivity index (χ2n) is 2.44. The number of hydrogen-bond donors (Lipinski definition) is 0. The third-order valence-electron chi connectivity index (χ3n) is 1.52. The van der Waals surface area contributed by atoms with Gasteiger partial charge in [-0.05, 0) is 12.8 Å². The third kappa shape index (κ3) is 1.22. The summed E-state index contributed by atoms with van der Waals surface area (Å²) in [5, 5.41) is 11.3. The van der Waals surface area contributed by atoms with Crippen molar-refractivity contribution < 1.29 is 0 Å². The molecule has 1 heterocycles. The lowest BCUT2D eigenvalue weighted by molar-refractivity contribution is 0.956. The van der Waals surface area contributed by atoms with E-state index in [4.69, 9.17) is 0 Å². The number of rotatable bonds is 2.